The Hall–Kier alpha value is -0.220. The topological polar surface area (TPSA) is 38.0 Å². The molecule has 0 aromatic carbocycles. The summed E-state index contributed by atoms with van der Waals surface area (Å²) < 4.78 is 25.4. The molecule has 2 nitrogen and oxygen atoms in total. The van der Waals surface area contributed by atoms with E-state index in [1.54, 1.807) is 0 Å². The van der Waals surface area contributed by atoms with Crippen LogP contribution >= 0.6 is 0 Å². The summed E-state index contributed by atoms with van der Waals surface area (Å²) in [5, 5.41) is 2.87. The molecule has 1 saturated heterocycles. The number of hydrogen-bond acceptors (Lipinski definition) is 2. The van der Waals surface area contributed by atoms with Crippen molar-refractivity contribution in [3.8, 4) is 0 Å². The molecule has 1 fully saturated rings. The maximum absolute atomic E-state index is 12.7. The zero-order valence-electron chi connectivity index (χ0n) is 5.74. The predicted octanol–water partition coefficient (Wildman–Crippen LogP) is 0.332. The number of hydrogen-bond donors (Lipinski definition) is 2. The lowest BCUT2D eigenvalue weighted by atomic mass is 10.1. The van der Waals surface area contributed by atoms with Crippen LogP contribution in [0.2, 0.25) is 0 Å². The maximum Gasteiger partial charge on any atom is 0.264 e. The van der Waals surface area contributed by atoms with Gasteiger partial charge in [0.25, 0.3) is 5.92 Å². The van der Waals surface area contributed by atoms with E-state index in [0.29, 0.717) is 19.5 Å². The summed E-state index contributed by atoms with van der Waals surface area (Å²) in [5.41, 5.74) is 5.22. The third-order valence-electron chi connectivity index (χ3n) is 1.81. The minimum absolute atomic E-state index is 0.131. The molecule has 60 valence electrons. The molecule has 0 aromatic rings. The van der Waals surface area contributed by atoms with Gasteiger partial charge in [-0.1, -0.05) is 0 Å². The Labute approximate surface area is 58.8 Å². The molecule has 0 bridgehead atoms. The molecule has 1 unspecified atom stereocenters. The minimum Gasteiger partial charge on any atom is -0.323 e. The van der Waals surface area contributed by atoms with Gasteiger partial charge in [-0.2, -0.15) is 0 Å². The Bertz CT molecular complexity index is 116. The standard InChI is InChI=1S/C6H12F2N2/c7-6(8)2-4-10-3-1-5(6)9/h5,10H,1-4,9H2. The van der Waals surface area contributed by atoms with Gasteiger partial charge in [0.15, 0.2) is 0 Å². The van der Waals surface area contributed by atoms with Crippen LogP contribution < -0.4 is 11.1 Å². The van der Waals surface area contributed by atoms with E-state index in [9.17, 15) is 8.78 Å². The van der Waals surface area contributed by atoms with Crippen LogP contribution in [0.4, 0.5) is 8.78 Å². The molecule has 10 heavy (non-hydrogen) atoms. The van der Waals surface area contributed by atoms with Crippen LogP contribution in [0.1, 0.15) is 12.8 Å². The number of nitrogens with two attached hydrogens (primary N) is 1. The van der Waals surface area contributed by atoms with Gasteiger partial charge in [-0.15, -0.1) is 0 Å². The van der Waals surface area contributed by atoms with Crippen LogP contribution in [0, 0.1) is 0 Å². The largest absolute Gasteiger partial charge is 0.323 e. The lowest BCUT2D eigenvalue weighted by molar-refractivity contribution is -0.0277. The van der Waals surface area contributed by atoms with Gasteiger partial charge in [-0.05, 0) is 13.0 Å². The second-order valence-corrected chi connectivity index (χ2v) is 2.66. The van der Waals surface area contributed by atoms with E-state index in [2.05, 4.69) is 5.32 Å². The molecule has 0 radical (unpaired) electrons. The first-order chi connectivity index (χ1) is 4.63. The fourth-order valence-electron chi connectivity index (χ4n) is 1.03. The van der Waals surface area contributed by atoms with E-state index in [0.717, 1.165) is 0 Å². The van der Waals surface area contributed by atoms with Crippen molar-refractivity contribution in [3.63, 3.8) is 0 Å². The molecule has 0 spiro atoms. The summed E-state index contributed by atoms with van der Waals surface area (Å²) in [7, 11) is 0. The highest BCUT2D eigenvalue weighted by atomic mass is 19.3. The molecule has 0 amide bonds. The fraction of sp³-hybridized carbons (Fsp3) is 1.00. The Balaban J connectivity index is 2.52. The van der Waals surface area contributed by atoms with Gasteiger partial charge in [-0.3, -0.25) is 0 Å². The zero-order chi connectivity index (χ0) is 7.61. The van der Waals surface area contributed by atoms with Crippen molar-refractivity contribution in [2.24, 2.45) is 5.73 Å². The van der Waals surface area contributed by atoms with E-state index >= 15 is 0 Å². The molecular weight excluding hydrogens is 138 g/mol. The summed E-state index contributed by atoms with van der Waals surface area (Å²) in [4.78, 5) is 0. The first-order valence-electron chi connectivity index (χ1n) is 3.47. The highest BCUT2D eigenvalue weighted by Crippen LogP contribution is 2.24. The Kier molecular flexibility index (Phi) is 2.21. The van der Waals surface area contributed by atoms with Crippen molar-refractivity contribution in [2.45, 2.75) is 24.8 Å². The molecule has 1 rings (SSSR count). The van der Waals surface area contributed by atoms with Crippen LogP contribution in [0.3, 0.4) is 0 Å². The quantitative estimate of drug-likeness (QED) is 0.522. The monoisotopic (exact) mass is 150 g/mol. The normalized spacial score (nSPS) is 33.3. The molecule has 0 aromatic heterocycles. The van der Waals surface area contributed by atoms with Gasteiger partial charge >= 0.3 is 0 Å². The van der Waals surface area contributed by atoms with Crippen LogP contribution in [0.5, 0.6) is 0 Å². The number of rotatable bonds is 0. The van der Waals surface area contributed by atoms with Gasteiger partial charge in [0.2, 0.25) is 0 Å². The van der Waals surface area contributed by atoms with Gasteiger partial charge in [0.1, 0.15) is 0 Å². The molecule has 1 heterocycles. The third-order valence-corrected chi connectivity index (χ3v) is 1.81. The van der Waals surface area contributed by atoms with Crippen molar-refractivity contribution in [2.75, 3.05) is 13.1 Å². The Morgan fingerprint density at radius 1 is 1.40 bits per heavy atom. The summed E-state index contributed by atoms with van der Waals surface area (Å²) in [5.74, 6) is -2.66. The zero-order valence-corrected chi connectivity index (χ0v) is 5.74. The van der Waals surface area contributed by atoms with Gasteiger partial charge < -0.3 is 11.1 Å². The SMILES string of the molecule is NC1CCNCCC1(F)F. The van der Waals surface area contributed by atoms with Crippen LogP contribution in [0.25, 0.3) is 0 Å². The average molecular weight is 150 g/mol. The molecular formula is C6H12F2N2. The average Bonchev–Trinajstić information content (AvgIpc) is 1.96. The van der Waals surface area contributed by atoms with E-state index in [4.69, 9.17) is 5.73 Å². The van der Waals surface area contributed by atoms with E-state index in [-0.39, 0.29) is 6.42 Å². The van der Waals surface area contributed by atoms with E-state index < -0.39 is 12.0 Å². The molecule has 1 aliphatic rings. The molecule has 1 atom stereocenters. The minimum atomic E-state index is -2.66. The van der Waals surface area contributed by atoms with Crippen molar-refractivity contribution >= 4 is 0 Å². The van der Waals surface area contributed by atoms with E-state index in [1.807, 2.05) is 0 Å². The van der Waals surface area contributed by atoms with Crippen molar-refractivity contribution < 1.29 is 8.78 Å². The Morgan fingerprint density at radius 3 is 2.80 bits per heavy atom. The third kappa shape index (κ3) is 1.64. The second-order valence-electron chi connectivity index (χ2n) is 2.66. The van der Waals surface area contributed by atoms with Crippen molar-refractivity contribution in [1.82, 2.24) is 5.32 Å². The Morgan fingerprint density at radius 2 is 2.10 bits per heavy atom. The summed E-state index contributed by atoms with van der Waals surface area (Å²) in [6.45, 7) is 0.984. The second kappa shape index (κ2) is 2.80. The number of nitrogens with one attached hydrogen (secondary N) is 1. The smallest absolute Gasteiger partial charge is 0.264 e. The van der Waals surface area contributed by atoms with Crippen LogP contribution in [-0.2, 0) is 0 Å². The van der Waals surface area contributed by atoms with E-state index in [1.165, 1.54) is 0 Å². The maximum atomic E-state index is 12.7. The van der Waals surface area contributed by atoms with Crippen LogP contribution in [0.15, 0.2) is 0 Å². The van der Waals surface area contributed by atoms with Gasteiger partial charge in [-0.25, -0.2) is 8.78 Å². The van der Waals surface area contributed by atoms with Crippen molar-refractivity contribution in [3.05, 3.63) is 0 Å². The summed E-state index contributed by atoms with van der Waals surface area (Å²) in [6, 6.07) is -0.956. The lowest BCUT2D eigenvalue weighted by Crippen LogP contribution is -2.40. The van der Waals surface area contributed by atoms with Crippen molar-refractivity contribution in [1.29, 1.82) is 0 Å². The molecule has 4 heteroatoms. The first kappa shape index (κ1) is 7.88. The van der Waals surface area contributed by atoms with Crippen LogP contribution in [-0.4, -0.2) is 25.1 Å². The molecule has 0 saturated carbocycles. The van der Waals surface area contributed by atoms with Gasteiger partial charge in [0.05, 0.1) is 6.04 Å². The van der Waals surface area contributed by atoms with Gasteiger partial charge in [0, 0.05) is 13.0 Å². The molecule has 1 aliphatic heterocycles. The number of alkyl halides is 2. The predicted molar refractivity (Wildman–Crippen MR) is 35.0 cm³/mol. The fourth-order valence-corrected chi connectivity index (χ4v) is 1.03. The summed E-state index contributed by atoms with van der Waals surface area (Å²) in [6.07, 6.45) is 0.237. The molecule has 3 N–H and O–H groups in total. The lowest BCUT2D eigenvalue weighted by Gasteiger charge is -2.19. The highest BCUT2D eigenvalue weighted by Gasteiger charge is 2.37. The number of halogens is 2. The molecule has 0 aliphatic carbocycles. The highest BCUT2D eigenvalue weighted by molar-refractivity contribution is 4.84. The summed E-state index contributed by atoms with van der Waals surface area (Å²) >= 11 is 0. The first-order valence-corrected chi connectivity index (χ1v) is 3.47.